The van der Waals surface area contributed by atoms with E-state index in [0.717, 1.165) is 16.1 Å². The average molecular weight is 472 g/mol. The molecular weight excluding hydrogens is 458 g/mol. The maximum absolute atomic E-state index is 13.2. The number of thiophene rings is 1. The minimum atomic E-state index is -3.95. The number of hydrogen-bond acceptors (Lipinski definition) is 8. The molecule has 1 N–H and O–H groups in total. The molecule has 0 amide bonds. The van der Waals surface area contributed by atoms with Crippen LogP contribution in [-0.4, -0.2) is 35.3 Å². The second-order valence-corrected chi connectivity index (χ2v) is 9.75. The highest BCUT2D eigenvalue weighted by molar-refractivity contribution is 7.91. The minimum absolute atomic E-state index is 0.0659. The highest BCUT2D eigenvalue weighted by Gasteiger charge is 2.27. The Hall–Kier alpha value is -3.21. The van der Waals surface area contributed by atoms with E-state index >= 15 is 0 Å². The van der Waals surface area contributed by atoms with Crippen LogP contribution >= 0.6 is 22.9 Å². The van der Waals surface area contributed by atoms with Crippen molar-refractivity contribution in [3.05, 3.63) is 65.0 Å². The summed E-state index contributed by atoms with van der Waals surface area (Å²) in [7, 11) is -2.35. The molecule has 0 aliphatic heterocycles. The fraction of sp³-hybridized carbons (Fsp3) is 0.0500. The fourth-order valence-electron chi connectivity index (χ4n) is 3.12. The molecule has 0 atom stereocenters. The van der Waals surface area contributed by atoms with Gasteiger partial charge in [-0.15, -0.1) is 16.4 Å². The molecule has 0 bridgehead atoms. The molecule has 8 nitrogen and oxygen atoms in total. The van der Waals surface area contributed by atoms with Crippen molar-refractivity contribution in [3.63, 3.8) is 0 Å². The second-order valence-electron chi connectivity index (χ2n) is 6.54. The molecule has 0 aliphatic rings. The zero-order chi connectivity index (χ0) is 21.6. The van der Waals surface area contributed by atoms with Gasteiger partial charge in [-0.2, -0.15) is 4.52 Å². The number of aromatic nitrogens is 4. The molecule has 0 saturated heterocycles. The number of nitrogens with zero attached hydrogens (tertiary/aromatic N) is 4. The molecule has 5 aromatic rings. The number of nitrogens with one attached hydrogen (secondary N) is 1. The van der Waals surface area contributed by atoms with Gasteiger partial charge in [-0.3, -0.25) is 0 Å². The van der Waals surface area contributed by atoms with E-state index in [-0.39, 0.29) is 15.6 Å². The Morgan fingerprint density at radius 1 is 1.06 bits per heavy atom. The van der Waals surface area contributed by atoms with Gasteiger partial charge in [-0.25, -0.2) is 13.4 Å². The van der Waals surface area contributed by atoms with Crippen LogP contribution in [0.5, 0.6) is 5.75 Å². The summed E-state index contributed by atoms with van der Waals surface area (Å²) in [5, 5.41) is 13.4. The number of halogens is 1. The maximum Gasteiger partial charge on any atom is 0.229 e. The van der Waals surface area contributed by atoms with Gasteiger partial charge in [0.2, 0.25) is 14.9 Å². The summed E-state index contributed by atoms with van der Waals surface area (Å²) in [6.45, 7) is 0. The summed E-state index contributed by atoms with van der Waals surface area (Å²) >= 11 is 7.37. The fourth-order valence-corrected chi connectivity index (χ4v) is 5.30. The highest BCUT2D eigenvalue weighted by Crippen LogP contribution is 2.33. The molecule has 31 heavy (non-hydrogen) atoms. The van der Waals surface area contributed by atoms with Crippen LogP contribution in [0.3, 0.4) is 0 Å². The number of sulfone groups is 1. The molecule has 2 aromatic carbocycles. The van der Waals surface area contributed by atoms with E-state index in [9.17, 15) is 8.42 Å². The lowest BCUT2D eigenvalue weighted by Crippen LogP contribution is -2.05. The molecule has 3 aromatic heterocycles. The van der Waals surface area contributed by atoms with E-state index < -0.39 is 9.84 Å². The van der Waals surface area contributed by atoms with Gasteiger partial charge in [0.25, 0.3) is 0 Å². The van der Waals surface area contributed by atoms with Crippen LogP contribution in [0.25, 0.3) is 15.9 Å². The molecule has 0 fully saturated rings. The quantitative estimate of drug-likeness (QED) is 0.400. The van der Waals surface area contributed by atoms with Gasteiger partial charge >= 0.3 is 0 Å². The van der Waals surface area contributed by atoms with Gasteiger partial charge in [0, 0.05) is 10.7 Å². The van der Waals surface area contributed by atoms with E-state index in [1.54, 1.807) is 7.11 Å². The van der Waals surface area contributed by atoms with Crippen LogP contribution in [-0.2, 0) is 9.84 Å². The first kappa shape index (κ1) is 19.7. The maximum atomic E-state index is 13.2. The molecule has 3 heterocycles. The number of rotatable bonds is 5. The zero-order valence-electron chi connectivity index (χ0n) is 16.0. The molecule has 0 saturated carbocycles. The van der Waals surface area contributed by atoms with Gasteiger partial charge in [0.15, 0.2) is 11.5 Å². The van der Waals surface area contributed by atoms with Crippen LogP contribution in [0, 0.1) is 0 Å². The predicted molar refractivity (Wildman–Crippen MR) is 119 cm³/mol. The number of hydrogen-bond donors (Lipinski definition) is 1. The summed E-state index contributed by atoms with van der Waals surface area (Å²) in [6, 6.07) is 15.1. The van der Waals surface area contributed by atoms with Crippen LogP contribution in [0.2, 0.25) is 5.02 Å². The standard InChI is InChI=1S/C20H14ClN5O3S2/c1-29-14-6-4-13(5-7-14)22-18-17-16(10-11-30-17)26-19(23-18)20(24-25-26)31(27,28)15-8-2-12(21)3-9-15/h2-11H,1H3,(H,22,23). The number of methoxy groups -OCH3 is 1. The molecule has 0 aliphatic carbocycles. The van der Waals surface area contributed by atoms with E-state index in [2.05, 4.69) is 20.6 Å². The first-order valence-electron chi connectivity index (χ1n) is 9.02. The van der Waals surface area contributed by atoms with Crippen LogP contribution in [0.1, 0.15) is 0 Å². The lowest BCUT2D eigenvalue weighted by Gasteiger charge is -2.09. The predicted octanol–water partition coefficient (Wildman–Crippen LogP) is 4.58. The third kappa shape index (κ3) is 3.38. The molecule has 0 spiro atoms. The number of benzene rings is 2. The molecule has 0 unspecified atom stereocenters. The minimum Gasteiger partial charge on any atom is -0.497 e. The molecule has 5 rings (SSSR count). The zero-order valence-corrected chi connectivity index (χ0v) is 18.4. The summed E-state index contributed by atoms with van der Waals surface area (Å²) in [5.74, 6) is 1.24. The van der Waals surface area contributed by atoms with E-state index in [1.807, 2.05) is 35.7 Å². The van der Waals surface area contributed by atoms with E-state index in [4.69, 9.17) is 16.3 Å². The van der Waals surface area contributed by atoms with Crippen LogP contribution in [0.4, 0.5) is 11.5 Å². The first-order chi connectivity index (χ1) is 15.0. The van der Waals surface area contributed by atoms with Crippen LogP contribution in [0.15, 0.2) is 69.9 Å². The summed E-state index contributed by atoms with van der Waals surface area (Å²) in [4.78, 5) is 4.65. The molecular formula is C20H14ClN5O3S2. The normalized spacial score (nSPS) is 11.8. The van der Waals surface area contributed by atoms with Gasteiger partial charge in [0.1, 0.15) is 5.75 Å². The summed E-state index contributed by atoms with van der Waals surface area (Å²) in [5.41, 5.74) is 1.62. The Morgan fingerprint density at radius 2 is 1.81 bits per heavy atom. The number of anilines is 2. The van der Waals surface area contributed by atoms with Gasteiger partial charge in [-0.05, 0) is 60.0 Å². The topological polar surface area (TPSA) is 98.5 Å². The summed E-state index contributed by atoms with van der Waals surface area (Å²) in [6.07, 6.45) is 0. The van der Waals surface area contributed by atoms with Crippen molar-refractivity contribution in [2.45, 2.75) is 9.92 Å². The summed E-state index contributed by atoms with van der Waals surface area (Å²) < 4.78 is 33.9. The smallest absolute Gasteiger partial charge is 0.229 e. The highest BCUT2D eigenvalue weighted by atomic mass is 35.5. The first-order valence-corrected chi connectivity index (χ1v) is 11.8. The third-order valence-electron chi connectivity index (χ3n) is 4.65. The Labute approximate surface area is 186 Å². The van der Waals surface area contributed by atoms with Crippen molar-refractivity contribution in [2.75, 3.05) is 12.4 Å². The lowest BCUT2D eigenvalue weighted by atomic mass is 10.3. The Morgan fingerprint density at radius 3 is 2.52 bits per heavy atom. The Bertz CT molecular complexity index is 1510. The molecule has 156 valence electrons. The van der Waals surface area contributed by atoms with Crippen molar-refractivity contribution in [1.82, 2.24) is 19.8 Å². The number of fused-ring (bicyclic) bond motifs is 3. The monoisotopic (exact) mass is 471 g/mol. The van der Waals surface area contributed by atoms with Crippen molar-refractivity contribution in [2.24, 2.45) is 0 Å². The van der Waals surface area contributed by atoms with Gasteiger partial charge in [-0.1, -0.05) is 16.8 Å². The Balaban J connectivity index is 1.67. The van der Waals surface area contributed by atoms with E-state index in [0.29, 0.717) is 16.4 Å². The van der Waals surface area contributed by atoms with Crippen molar-refractivity contribution < 1.29 is 13.2 Å². The largest absolute Gasteiger partial charge is 0.497 e. The van der Waals surface area contributed by atoms with E-state index in [1.165, 1.54) is 40.1 Å². The lowest BCUT2D eigenvalue weighted by molar-refractivity contribution is 0.415. The van der Waals surface area contributed by atoms with Crippen molar-refractivity contribution in [1.29, 1.82) is 0 Å². The third-order valence-corrected chi connectivity index (χ3v) is 7.48. The number of ether oxygens (including phenoxy) is 1. The van der Waals surface area contributed by atoms with Crippen molar-refractivity contribution in [3.8, 4) is 5.75 Å². The van der Waals surface area contributed by atoms with Crippen molar-refractivity contribution >= 4 is 60.1 Å². The molecule has 0 radical (unpaired) electrons. The second kappa shape index (κ2) is 7.49. The van der Waals surface area contributed by atoms with Crippen LogP contribution < -0.4 is 10.1 Å². The molecule has 11 heteroatoms. The van der Waals surface area contributed by atoms with Gasteiger partial charge < -0.3 is 10.1 Å². The Kier molecular flexibility index (Phi) is 4.77. The average Bonchev–Trinajstić information content (AvgIpc) is 3.42. The van der Waals surface area contributed by atoms with Gasteiger partial charge in [0.05, 0.1) is 22.2 Å². The SMILES string of the molecule is COc1ccc(Nc2nc3c(S(=O)(=O)c4ccc(Cl)cc4)nnn3c3ccsc23)cc1.